The number of ether oxygens (including phenoxy) is 1. The summed E-state index contributed by atoms with van der Waals surface area (Å²) in [7, 11) is -1.92. The van der Waals surface area contributed by atoms with E-state index in [9.17, 15) is 8.42 Å². The molecule has 4 aromatic rings. The lowest BCUT2D eigenvalue weighted by molar-refractivity contribution is 0.415. The van der Waals surface area contributed by atoms with Gasteiger partial charge in [0, 0.05) is 24.8 Å². The highest BCUT2D eigenvalue weighted by Crippen LogP contribution is 2.34. The lowest BCUT2D eigenvalue weighted by atomic mass is 10.2. The van der Waals surface area contributed by atoms with Gasteiger partial charge in [-0.25, -0.2) is 18.4 Å². The molecule has 32 heavy (non-hydrogen) atoms. The fraction of sp³-hybridized carbons (Fsp3) is 0.250. The van der Waals surface area contributed by atoms with Gasteiger partial charge in [0.25, 0.3) is 0 Å². The molecule has 7 nitrogen and oxygen atoms in total. The van der Waals surface area contributed by atoms with E-state index in [-0.39, 0.29) is 6.04 Å². The number of aromatic nitrogens is 3. The minimum atomic E-state index is -3.56. The Kier molecular flexibility index (Phi) is 5.19. The molecule has 0 bridgehead atoms. The molecule has 2 aromatic carbocycles. The summed E-state index contributed by atoms with van der Waals surface area (Å²) in [6.45, 7) is 2.77. The predicted molar refractivity (Wildman–Crippen MR) is 123 cm³/mol. The molecule has 164 valence electrons. The molecule has 0 amide bonds. The molecule has 1 unspecified atom stereocenters. The van der Waals surface area contributed by atoms with Crippen LogP contribution in [0.2, 0.25) is 0 Å². The molecule has 3 heterocycles. The fourth-order valence-electron chi connectivity index (χ4n) is 4.22. The van der Waals surface area contributed by atoms with E-state index in [4.69, 9.17) is 9.72 Å². The Morgan fingerprint density at radius 2 is 1.78 bits per heavy atom. The smallest absolute Gasteiger partial charge is 0.243 e. The molecule has 0 N–H and O–H groups in total. The van der Waals surface area contributed by atoms with Crippen LogP contribution in [0.5, 0.6) is 5.75 Å². The molecule has 2 aromatic heterocycles. The standard InChI is InChI=1S/C24H24N4O3S/c1-17-5-11-21(12-6-17)32(29,30)27-15-13-19(16-27)28-23(18-7-9-20(31-2)10-8-18)26-22-4-3-14-25-24(22)28/h3-12,14,19H,13,15-16H2,1-2H3. The Morgan fingerprint density at radius 3 is 2.50 bits per heavy atom. The number of benzene rings is 2. The van der Waals surface area contributed by atoms with Crippen molar-refractivity contribution in [2.45, 2.75) is 24.3 Å². The second-order valence-corrected chi connectivity index (χ2v) is 9.94. The first kappa shape index (κ1) is 20.7. The zero-order valence-electron chi connectivity index (χ0n) is 18.0. The quantitative estimate of drug-likeness (QED) is 0.460. The minimum Gasteiger partial charge on any atom is -0.497 e. The first-order valence-corrected chi connectivity index (χ1v) is 12.0. The molecular weight excluding hydrogens is 424 g/mol. The van der Waals surface area contributed by atoms with E-state index < -0.39 is 10.0 Å². The van der Waals surface area contributed by atoms with Crippen LogP contribution in [0.3, 0.4) is 0 Å². The van der Waals surface area contributed by atoms with E-state index >= 15 is 0 Å². The van der Waals surface area contributed by atoms with Gasteiger partial charge in [-0.05, 0) is 61.9 Å². The van der Waals surface area contributed by atoms with Gasteiger partial charge in [0.2, 0.25) is 10.0 Å². The van der Waals surface area contributed by atoms with Crippen molar-refractivity contribution in [1.29, 1.82) is 0 Å². The van der Waals surface area contributed by atoms with Gasteiger partial charge in [0.1, 0.15) is 17.1 Å². The van der Waals surface area contributed by atoms with Crippen LogP contribution in [0, 0.1) is 6.92 Å². The van der Waals surface area contributed by atoms with Gasteiger partial charge in [-0.2, -0.15) is 4.31 Å². The van der Waals surface area contributed by atoms with Gasteiger partial charge in [-0.3, -0.25) is 0 Å². The molecule has 1 aliphatic heterocycles. The van der Waals surface area contributed by atoms with Gasteiger partial charge < -0.3 is 9.30 Å². The Morgan fingerprint density at radius 1 is 1.03 bits per heavy atom. The van der Waals surface area contributed by atoms with E-state index in [0.717, 1.165) is 33.9 Å². The molecule has 0 aliphatic carbocycles. The molecule has 5 rings (SSSR count). The lowest BCUT2D eigenvalue weighted by Gasteiger charge is -2.19. The Bertz CT molecular complexity index is 1360. The van der Waals surface area contributed by atoms with Crippen molar-refractivity contribution in [2.75, 3.05) is 20.2 Å². The molecule has 0 radical (unpaired) electrons. The number of nitrogens with zero attached hydrogens (tertiary/aromatic N) is 4. The summed E-state index contributed by atoms with van der Waals surface area (Å²) >= 11 is 0. The van der Waals surface area contributed by atoms with Crippen molar-refractivity contribution >= 4 is 21.2 Å². The van der Waals surface area contributed by atoms with E-state index in [0.29, 0.717) is 24.4 Å². The molecule has 1 atom stereocenters. The third-order valence-electron chi connectivity index (χ3n) is 5.95. The van der Waals surface area contributed by atoms with E-state index in [1.807, 2.05) is 55.5 Å². The average Bonchev–Trinajstić information content (AvgIpc) is 3.45. The maximum atomic E-state index is 13.2. The maximum absolute atomic E-state index is 13.2. The summed E-state index contributed by atoms with van der Waals surface area (Å²) < 4.78 is 35.4. The van der Waals surface area contributed by atoms with Gasteiger partial charge >= 0.3 is 0 Å². The highest BCUT2D eigenvalue weighted by molar-refractivity contribution is 7.89. The number of sulfonamides is 1. The van der Waals surface area contributed by atoms with E-state index in [1.165, 1.54) is 0 Å². The van der Waals surface area contributed by atoms with E-state index in [1.54, 1.807) is 29.7 Å². The van der Waals surface area contributed by atoms with Gasteiger partial charge in [-0.15, -0.1) is 0 Å². The van der Waals surface area contributed by atoms with Crippen molar-refractivity contribution in [3.05, 3.63) is 72.4 Å². The van der Waals surface area contributed by atoms with Gasteiger partial charge in [0.05, 0.1) is 18.0 Å². The topological polar surface area (TPSA) is 77.3 Å². The zero-order valence-corrected chi connectivity index (χ0v) is 18.8. The molecule has 1 aliphatic rings. The summed E-state index contributed by atoms with van der Waals surface area (Å²) in [5, 5.41) is 0. The highest BCUT2D eigenvalue weighted by Gasteiger charge is 2.35. The summed E-state index contributed by atoms with van der Waals surface area (Å²) in [6.07, 6.45) is 2.43. The van der Waals surface area contributed by atoms with Crippen molar-refractivity contribution in [1.82, 2.24) is 18.8 Å². The van der Waals surface area contributed by atoms with Gasteiger partial charge in [0.15, 0.2) is 5.65 Å². The van der Waals surface area contributed by atoms with Crippen molar-refractivity contribution < 1.29 is 13.2 Å². The molecular formula is C24H24N4O3S. The van der Waals surface area contributed by atoms with Gasteiger partial charge in [-0.1, -0.05) is 17.7 Å². The first-order chi connectivity index (χ1) is 15.5. The third-order valence-corrected chi connectivity index (χ3v) is 7.83. The minimum absolute atomic E-state index is 0.0628. The van der Waals surface area contributed by atoms with Crippen molar-refractivity contribution in [3.63, 3.8) is 0 Å². The van der Waals surface area contributed by atoms with Crippen LogP contribution < -0.4 is 4.74 Å². The summed E-state index contributed by atoms with van der Waals surface area (Å²) in [6, 6.07) is 18.5. The van der Waals surface area contributed by atoms with Crippen molar-refractivity contribution in [3.8, 4) is 17.1 Å². The molecule has 1 saturated heterocycles. The monoisotopic (exact) mass is 448 g/mol. The Balaban J connectivity index is 1.53. The van der Waals surface area contributed by atoms with Crippen molar-refractivity contribution in [2.24, 2.45) is 0 Å². The van der Waals surface area contributed by atoms with Crippen LogP contribution in [0.4, 0.5) is 0 Å². The number of aryl methyl sites for hydroxylation is 1. The van der Waals surface area contributed by atoms with Crippen LogP contribution in [0.1, 0.15) is 18.0 Å². The number of methoxy groups -OCH3 is 1. The van der Waals surface area contributed by atoms with Crippen LogP contribution in [-0.4, -0.2) is 47.5 Å². The normalized spacial score (nSPS) is 17.1. The number of fused-ring (bicyclic) bond motifs is 1. The Labute approximate surface area is 187 Å². The summed E-state index contributed by atoms with van der Waals surface area (Å²) in [5.41, 5.74) is 3.52. The number of pyridine rings is 1. The van der Waals surface area contributed by atoms with Crippen LogP contribution in [-0.2, 0) is 10.0 Å². The summed E-state index contributed by atoms with van der Waals surface area (Å²) in [4.78, 5) is 9.72. The number of imidazole rings is 1. The summed E-state index contributed by atoms with van der Waals surface area (Å²) in [5.74, 6) is 1.55. The zero-order chi connectivity index (χ0) is 22.3. The van der Waals surface area contributed by atoms with Crippen LogP contribution in [0.25, 0.3) is 22.6 Å². The molecule has 1 fully saturated rings. The van der Waals surface area contributed by atoms with E-state index in [2.05, 4.69) is 9.55 Å². The molecule has 0 saturated carbocycles. The average molecular weight is 449 g/mol. The van der Waals surface area contributed by atoms with Crippen LogP contribution >= 0.6 is 0 Å². The maximum Gasteiger partial charge on any atom is 0.243 e. The first-order valence-electron chi connectivity index (χ1n) is 10.5. The Hall–Kier alpha value is -3.23. The lowest BCUT2D eigenvalue weighted by Crippen LogP contribution is -2.29. The number of rotatable bonds is 5. The third kappa shape index (κ3) is 3.55. The molecule has 8 heteroatoms. The van der Waals surface area contributed by atoms with Crippen LogP contribution in [0.15, 0.2) is 71.8 Å². The highest BCUT2D eigenvalue weighted by atomic mass is 32.2. The fourth-order valence-corrected chi connectivity index (χ4v) is 5.71. The second kappa shape index (κ2) is 8.03. The molecule has 0 spiro atoms. The number of hydrogen-bond donors (Lipinski definition) is 0. The SMILES string of the molecule is COc1ccc(-c2nc3cccnc3n2C2CCN(S(=O)(=O)c3ccc(C)cc3)C2)cc1. The predicted octanol–water partition coefficient (Wildman–Crippen LogP) is 4.05. The largest absolute Gasteiger partial charge is 0.497 e. The second-order valence-electron chi connectivity index (χ2n) is 8.00. The number of hydrogen-bond acceptors (Lipinski definition) is 5.